The molecule has 2 N–H and O–H groups in total. The number of halogens is 1. The molecule has 4 aromatic rings. The molecule has 0 saturated carbocycles. The van der Waals surface area contributed by atoms with Gasteiger partial charge in [-0.25, -0.2) is 4.79 Å². The normalized spacial score (nSPS) is 10.6. The van der Waals surface area contributed by atoms with Crippen molar-refractivity contribution in [2.24, 2.45) is 0 Å². The van der Waals surface area contributed by atoms with Crippen molar-refractivity contribution in [3.8, 4) is 11.5 Å². The van der Waals surface area contributed by atoms with Gasteiger partial charge < -0.3 is 15.4 Å². The second-order valence-electron chi connectivity index (χ2n) is 6.88. The molecule has 0 bridgehead atoms. The fourth-order valence-electron chi connectivity index (χ4n) is 3.20. The van der Waals surface area contributed by atoms with Gasteiger partial charge in [-0.3, -0.25) is 0 Å². The largest absolute Gasteiger partial charge is 0.457 e. The van der Waals surface area contributed by atoms with E-state index in [1.165, 1.54) is 5.56 Å². The predicted molar refractivity (Wildman–Crippen MR) is 124 cm³/mol. The first-order chi connectivity index (χ1) is 14.6. The number of ether oxygens (including phenoxy) is 1. The molecule has 0 aliphatic carbocycles. The number of amides is 2. The lowest BCUT2D eigenvalue weighted by molar-refractivity contribution is 0.262. The van der Waals surface area contributed by atoms with Crippen LogP contribution in [0.25, 0.3) is 10.8 Å². The van der Waals surface area contributed by atoms with Gasteiger partial charge in [-0.2, -0.15) is 0 Å². The Morgan fingerprint density at radius 3 is 2.40 bits per heavy atom. The van der Waals surface area contributed by atoms with Gasteiger partial charge in [0.25, 0.3) is 0 Å². The highest BCUT2D eigenvalue weighted by atomic mass is 35.5. The molecule has 0 spiro atoms. The van der Waals surface area contributed by atoms with E-state index in [2.05, 4.69) is 17.6 Å². The standard InChI is InChI=1S/C25H21ClN2O2/c1-2-17-9-12-20(13-10-17)27-25(29)28-24-8-3-5-18-11-14-22(16-23(18)24)30-21-7-4-6-19(26)15-21/h3-16H,2H2,1H3,(H2,27,28,29). The molecule has 0 aromatic heterocycles. The van der Waals surface area contributed by atoms with Crippen LogP contribution in [-0.4, -0.2) is 6.03 Å². The molecule has 5 heteroatoms. The van der Waals surface area contributed by atoms with Gasteiger partial charge in [0, 0.05) is 16.1 Å². The van der Waals surface area contributed by atoms with Gasteiger partial charge in [-0.15, -0.1) is 0 Å². The Bertz CT molecular complexity index is 1190. The number of nitrogens with one attached hydrogen (secondary N) is 2. The number of benzene rings is 4. The van der Waals surface area contributed by atoms with Crippen molar-refractivity contribution in [2.75, 3.05) is 10.6 Å². The highest BCUT2D eigenvalue weighted by Crippen LogP contribution is 2.31. The minimum Gasteiger partial charge on any atom is -0.457 e. The van der Waals surface area contributed by atoms with Crippen LogP contribution in [0.4, 0.5) is 16.2 Å². The summed E-state index contributed by atoms with van der Waals surface area (Å²) >= 11 is 6.04. The molecule has 4 nitrogen and oxygen atoms in total. The molecule has 0 aliphatic rings. The monoisotopic (exact) mass is 416 g/mol. The highest BCUT2D eigenvalue weighted by Gasteiger charge is 2.08. The lowest BCUT2D eigenvalue weighted by Crippen LogP contribution is -2.19. The van der Waals surface area contributed by atoms with Gasteiger partial charge in [0.2, 0.25) is 0 Å². The molecule has 0 radical (unpaired) electrons. The van der Waals surface area contributed by atoms with Crippen molar-refractivity contribution in [3.63, 3.8) is 0 Å². The molecule has 2 amide bonds. The zero-order valence-corrected chi connectivity index (χ0v) is 17.2. The summed E-state index contributed by atoms with van der Waals surface area (Å²) in [5.74, 6) is 1.31. The first-order valence-electron chi connectivity index (χ1n) is 9.74. The molecule has 0 atom stereocenters. The van der Waals surface area contributed by atoms with Gasteiger partial charge in [0.05, 0.1) is 5.69 Å². The lowest BCUT2D eigenvalue weighted by Gasteiger charge is -2.12. The van der Waals surface area contributed by atoms with E-state index >= 15 is 0 Å². The van der Waals surface area contributed by atoms with Gasteiger partial charge in [-0.1, -0.05) is 54.9 Å². The van der Waals surface area contributed by atoms with Crippen LogP contribution in [-0.2, 0) is 6.42 Å². The van der Waals surface area contributed by atoms with E-state index in [4.69, 9.17) is 16.3 Å². The highest BCUT2D eigenvalue weighted by molar-refractivity contribution is 6.30. The van der Waals surface area contributed by atoms with Crippen LogP contribution in [0.5, 0.6) is 11.5 Å². The fourth-order valence-corrected chi connectivity index (χ4v) is 3.38. The first-order valence-corrected chi connectivity index (χ1v) is 10.1. The maximum Gasteiger partial charge on any atom is 0.323 e. The number of rotatable bonds is 5. The zero-order chi connectivity index (χ0) is 20.9. The summed E-state index contributed by atoms with van der Waals surface area (Å²) in [7, 11) is 0. The summed E-state index contributed by atoms with van der Waals surface area (Å²) in [6.45, 7) is 2.10. The average molecular weight is 417 g/mol. The summed E-state index contributed by atoms with van der Waals surface area (Å²) in [5.41, 5.74) is 2.67. The van der Waals surface area contributed by atoms with Crippen LogP contribution in [0.15, 0.2) is 84.9 Å². The number of anilines is 2. The molecular formula is C25H21ClN2O2. The number of carbonyl (C=O) groups is 1. The van der Waals surface area contributed by atoms with E-state index in [0.29, 0.717) is 22.2 Å². The third-order valence-electron chi connectivity index (χ3n) is 4.75. The summed E-state index contributed by atoms with van der Waals surface area (Å²) < 4.78 is 5.93. The molecule has 0 fully saturated rings. The maximum absolute atomic E-state index is 12.5. The third-order valence-corrected chi connectivity index (χ3v) is 4.99. The number of carbonyl (C=O) groups excluding carboxylic acids is 1. The Morgan fingerprint density at radius 2 is 1.63 bits per heavy atom. The van der Waals surface area contributed by atoms with E-state index in [-0.39, 0.29) is 6.03 Å². The van der Waals surface area contributed by atoms with Crippen molar-refractivity contribution in [1.82, 2.24) is 0 Å². The van der Waals surface area contributed by atoms with Crippen LogP contribution in [0.3, 0.4) is 0 Å². The maximum atomic E-state index is 12.5. The van der Waals surface area contributed by atoms with Crippen molar-refractivity contribution in [3.05, 3.63) is 95.5 Å². The molecule has 0 aliphatic heterocycles. The second kappa shape index (κ2) is 8.89. The van der Waals surface area contributed by atoms with Gasteiger partial charge in [0.15, 0.2) is 0 Å². The number of hydrogen-bond acceptors (Lipinski definition) is 2. The number of fused-ring (bicyclic) bond motifs is 1. The minimum atomic E-state index is -0.298. The molecule has 150 valence electrons. The summed E-state index contributed by atoms with van der Waals surface area (Å²) in [4.78, 5) is 12.5. The van der Waals surface area contributed by atoms with Crippen molar-refractivity contribution in [1.29, 1.82) is 0 Å². The fraction of sp³-hybridized carbons (Fsp3) is 0.0800. The molecule has 0 heterocycles. The van der Waals surface area contributed by atoms with Crippen LogP contribution in [0, 0.1) is 0 Å². The quantitative estimate of drug-likeness (QED) is 0.354. The third kappa shape index (κ3) is 4.73. The Kier molecular flexibility index (Phi) is 5.87. The van der Waals surface area contributed by atoms with Gasteiger partial charge in [0.1, 0.15) is 11.5 Å². The Labute approximate surface area is 180 Å². The van der Waals surface area contributed by atoms with Crippen LogP contribution in [0.2, 0.25) is 5.02 Å². The summed E-state index contributed by atoms with van der Waals surface area (Å²) in [5, 5.41) is 8.30. The second-order valence-corrected chi connectivity index (χ2v) is 7.31. The van der Waals surface area contributed by atoms with Gasteiger partial charge >= 0.3 is 6.03 Å². The molecule has 0 saturated heterocycles. The Morgan fingerprint density at radius 1 is 0.867 bits per heavy atom. The molecule has 30 heavy (non-hydrogen) atoms. The zero-order valence-electron chi connectivity index (χ0n) is 16.5. The van der Waals surface area contributed by atoms with Crippen LogP contribution < -0.4 is 15.4 Å². The molecule has 0 unspecified atom stereocenters. The molecule has 4 aromatic carbocycles. The number of urea groups is 1. The summed E-state index contributed by atoms with van der Waals surface area (Å²) in [6, 6.07) is 26.3. The van der Waals surface area contributed by atoms with Crippen LogP contribution in [0.1, 0.15) is 12.5 Å². The Balaban J connectivity index is 1.54. The van der Waals surface area contributed by atoms with Crippen molar-refractivity contribution < 1.29 is 9.53 Å². The average Bonchev–Trinajstić information content (AvgIpc) is 2.75. The van der Waals surface area contributed by atoms with E-state index in [1.807, 2.05) is 72.8 Å². The topological polar surface area (TPSA) is 50.4 Å². The van der Waals surface area contributed by atoms with E-state index in [9.17, 15) is 4.79 Å². The van der Waals surface area contributed by atoms with E-state index in [1.54, 1.807) is 12.1 Å². The Hall–Kier alpha value is -3.50. The molecular weight excluding hydrogens is 396 g/mol. The summed E-state index contributed by atoms with van der Waals surface area (Å²) in [6.07, 6.45) is 0.960. The first kappa shape index (κ1) is 19.8. The smallest absolute Gasteiger partial charge is 0.323 e. The number of hydrogen-bond donors (Lipinski definition) is 2. The molecule has 4 rings (SSSR count). The minimum absolute atomic E-state index is 0.298. The predicted octanol–water partition coefficient (Wildman–Crippen LogP) is 7.49. The number of aryl methyl sites for hydroxylation is 1. The van der Waals surface area contributed by atoms with Crippen molar-refractivity contribution in [2.45, 2.75) is 13.3 Å². The lowest BCUT2D eigenvalue weighted by atomic mass is 10.1. The van der Waals surface area contributed by atoms with Crippen LogP contribution >= 0.6 is 11.6 Å². The van der Waals surface area contributed by atoms with E-state index in [0.717, 1.165) is 22.9 Å². The van der Waals surface area contributed by atoms with E-state index < -0.39 is 0 Å². The SMILES string of the molecule is CCc1ccc(NC(=O)Nc2cccc3ccc(Oc4cccc(Cl)c4)cc23)cc1. The van der Waals surface area contributed by atoms with Gasteiger partial charge in [-0.05, 0) is 65.9 Å². The van der Waals surface area contributed by atoms with Crippen molar-refractivity contribution >= 4 is 39.8 Å².